The van der Waals surface area contributed by atoms with Gasteiger partial charge in [0, 0.05) is 34.3 Å². The summed E-state index contributed by atoms with van der Waals surface area (Å²) in [5.41, 5.74) is 0.569. The van der Waals surface area contributed by atoms with Crippen LogP contribution in [0.2, 0.25) is 5.02 Å². The van der Waals surface area contributed by atoms with E-state index in [1.54, 1.807) is 0 Å². The van der Waals surface area contributed by atoms with Crippen molar-refractivity contribution in [2.75, 3.05) is 5.32 Å². The molecule has 26 heavy (non-hydrogen) atoms. The minimum absolute atomic E-state index is 0.133. The lowest BCUT2D eigenvalue weighted by Gasteiger charge is -2.50. The summed E-state index contributed by atoms with van der Waals surface area (Å²) in [6, 6.07) is 8.64. The molecule has 0 unspecified atom stereocenters. The van der Waals surface area contributed by atoms with Crippen molar-refractivity contribution in [3.05, 3.63) is 29.3 Å². The molecule has 2 aliphatic heterocycles. The predicted octanol–water partition coefficient (Wildman–Crippen LogP) is 4.58. The molecule has 0 radical (unpaired) electrons. The molecule has 1 aromatic carbocycles. The van der Waals surface area contributed by atoms with Crippen molar-refractivity contribution < 1.29 is 4.79 Å². The third kappa shape index (κ3) is 4.49. The van der Waals surface area contributed by atoms with E-state index < -0.39 is 0 Å². The van der Waals surface area contributed by atoms with Gasteiger partial charge in [-0.2, -0.15) is 0 Å². The Balaban J connectivity index is 1.67. The van der Waals surface area contributed by atoms with E-state index in [9.17, 15) is 4.79 Å². The second-order valence-electron chi connectivity index (χ2n) is 8.48. The minimum Gasteiger partial charge on any atom is -0.353 e. The fraction of sp³-hybridized carbons (Fsp3) is 0.600. The van der Waals surface area contributed by atoms with Crippen molar-refractivity contribution in [3.8, 4) is 0 Å². The lowest BCUT2D eigenvalue weighted by atomic mass is 9.81. The molecule has 1 amide bonds. The van der Waals surface area contributed by atoms with Crippen molar-refractivity contribution in [1.82, 2.24) is 10.2 Å². The van der Waals surface area contributed by atoms with Crippen LogP contribution >= 0.6 is 23.8 Å². The average molecular weight is 394 g/mol. The molecule has 2 heterocycles. The van der Waals surface area contributed by atoms with Crippen LogP contribution in [-0.2, 0) is 4.79 Å². The summed E-state index contributed by atoms with van der Waals surface area (Å²) in [6.45, 7) is 5.88. The lowest BCUT2D eigenvalue weighted by Crippen LogP contribution is -2.60. The Morgan fingerprint density at radius 1 is 1.23 bits per heavy atom. The number of anilines is 1. The van der Waals surface area contributed by atoms with Crippen LogP contribution in [-0.4, -0.2) is 34.0 Å². The first kappa shape index (κ1) is 19.4. The Morgan fingerprint density at radius 3 is 2.46 bits per heavy atom. The molecule has 2 N–H and O–H groups in total. The maximum absolute atomic E-state index is 12.4. The van der Waals surface area contributed by atoms with Crippen LogP contribution in [0.1, 0.15) is 52.9 Å². The van der Waals surface area contributed by atoms with Crippen molar-refractivity contribution in [2.24, 2.45) is 5.41 Å². The molecule has 0 aliphatic carbocycles. The molecule has 3 rings (SSSR count). The van der Waals surface area contributed by atoms with E-state index in [0.717, 1.165) is 36.5 Å². The molecule has 2 fully saturated rings. The Kier molecular flexibility index (Phi) is 5.78. The highest BCUT2D eigenvalue weighted by Gasteiger charge is 2.40. The quantitative estimate of drug-likeness (QED) is 0.721. The van der Waals surface area contributed by atoms with Gasteiger partial charge in [-0.15, -0.1) is 0 Å². The van der Waals surface area contributed by atoms with Gasteiger partial charge in [-0.25, -0.2) is 0 Å². The van der Waals surface area contributed by atoms with Crippen molar-refractivity contribution in [3.63, 3.8) is 0 Å². The van der Waals surface area contributed by atoms with Gasteiger partial charge in [0.15, 0.2) is 5.11 Å². The van der Waals surface area contributed by atoms with E-state index in [0.29, 0.717) is 17.1 Å². The summed E-state index contributed by atoms with van der Waals surface area (Å²) in [7, 11) is 0. The van der Waals surface area contributed by atoms with Crippen LogP contribution in [0.25, 0.3) is 0 Å². The number of piperidine rings is 2. The zero-order valence-corrected chi connectivity index (χ0v) is 17.3. The third-order valence-corrected chi connectivity index (χ3v) is 5.85. The van der Waals surface area contributed by atoms with Gasteiger partial charge in [-0.1, -0.05) is 38.4 Å². The fourth-order valence-corrected chi connectivity index (χ4v) is 4.59. The summed E-state index contributed by atoms with van der Waals surface area (Å²) >= 11 is 11.8. The molecule has 6 heteroatoms. The van der Waals surface area contributed by atoms with Crippen molar-refractivity contribution in [1.29, 1.82) is 0 Å². The SMILES string of the molecule is CC(C)(C)C(=O)NC1C[C@@H]2CCC[C@@H](C1)N2C(=S)Nc1cccc(Cl)c1. The van der Waals surface area contributed by atoms with E-state index in [-0.39, 0.29) is 17.4 Å². The number of nitrogens with one attached hydrogen (secondary N) is 2. The van der Waals surface area contributed by atoms with Crippen LogP contribution in [0.4, 0.5) is 5.69 Å². The van der Waals surface area contributed by atoms with E-state index in [4.69, 9.17) is 23.8 Å². The Bertz CT molecular complexity index is 674. The minimum atomic E-state index is -0.352. The number of benzene rings is 1. The summed E-state index contributed by atoms with van der Waals surface area (Å²) in [5.74, 6) is 0.133. The molecule has 0 aromatic heterocycles. The van der Waals surface area contributed by atoms with Gasteiger partial charge in [0.05, 0.1) is 0 Å². The van der Waals surface area contributed by atoms with Crippen molar-refractivity contribution >= 4 is 40.5 Å². The Morgan fingerprint density at radius 2 is 1.88 bits per heavy atom. The Labute approximate surface area is 166 Å². The Hall–Kier alpha value is -1.33. The smallest absolute Gasteiger partial charge is 0.225 e. The summed E-state index contributed by atoms with van der Waals surface area (Å²) in [4.78, 5) is 14.7. The van der Waals surface area contributed by atoms with E-state index in [1.807, 2.05) is 45.0 Å². The number of rotatable bonds is 2. The first-order chi connectivity index (χ1) is 12.2. The van der Waals surface area contributed by atoms with E-state index in [1.165, 1.54) is 6.42 Å². The maximum Gasteiger partial charge on any atom is 0.225 e. The summed E-state index contributed by atoms with van der Waals surface area (Å²) in [5, 5.41) is 8.07. The van der Waals surface area contributed by atoms with Gasteiger partial charge in [0.1, 0.15) is 0 Å². The number of hydrogen-bond acceptors (Lipinski definition) is 2. The molecular formula is C20H28ClN3OS. The lowest BCUT2D eigenvalue weighted by molar-refractivity contribution is -0.129. The molecule has 1 aromatic rings. The van der Waals surface area contributed by atoms with Crippen LogP contribution in [0.15, 0.2) is 24.3 Å². The number of amides is 1. The highest BCUT2D eigenvalue weighted by molar-refractivity contribution is 7.80. The van der Waals surface area contributed by atoms with Gasteiger partial charge in [-0.3, -0.25) is 4.79 Å². The second kappa shape index (κ2) is 7.73. The van der Waals surface area contributed by atoms with Crippen molar-refractivity contribution in [2.45, 2.75) is 71.0 Å². The van der Waals surface area contributed by atoms with Crippen LogP contribution in [0.5, 0.6) is 0 Å². The highest BCUT2D eigenvalue weighted by Crippen LogP contribution is 2.35. The number of carbonyl (C=O) groups is 1. The maximum atomic E-state index is 12.4. The standard InChI is InChI=1S/C20H28ClN3OS/c1-20(2,3)18(25)22-15-11-16-8-5-9-17(12-15)24(16)19(26)23-14-7-4-6-13(21)10-14/h4,6-7,10,15-17H,5,8-9,11-12H2,1-3H3,(H,22,25)(H,23,26)/t16-,17-/m0/s1. The van der Waals surface area contributed by atoms with Crippen LogP contribution < -0.4 is 10.6 Å². The third-order valence-electron chi connectivity index (χ3n) is 5.30. The first-order valence-corrected chi connectivity index (χ1v) is 10.2. The van der Waals surface area contributed by atoms with E-state index >= 15 is 0 Å². The molecule has 2 bridgehead atoms. The molecule has 142 valence electrons. The molecule has 2 aliphatic rings. The number of nitrogens with zero attached hydrogens (tertiary/aromatic N) is 1. The zero-order valence-electron chi connectivity index (χ0n) is 15.7. The van der Waals surface area contributed by atoms with Gasteiger partial charge in [0.2, 0.25) is 5.91 Å². The second-order valence-corrected chi connectivity index (χ2v) is 9.30. The van der Waals surface area contributed by atoms with Crippen LogP contribution in [0, 0.1) is 5.41 Å². The van der Waals surface area contributed by atoms with E-state index in [2.05, 4.69) is 15.5 Å². The van der Waals surface area contributed by atoms with Gasteiger partial charge >= 0.3 is 0 Å². The highest BCUT2D eigenvalue weighted by atomic mass is 35.5. The molecule has 0 saturated carbocycles. The molecular weight excluding hydrogens is 366 g/mol. The summed E-state index contributed by atoms with van der Waals surface area (Å²) in [6.07, 6.45) is 5.38. The first-order valence-electron chi connectivity index (χ1n) is 9.40. The predicted molar refractivity (Wildman–Crippen MR) is 112 cm³/mol. The number of thiocarbonyl (C=S) groups is 1. The summed E-state index contributed by atoms with van der Waals surface area (Å²) < 4.78 is 0. The van der Waals surface area contributed by atoms with Gasteiger partial charge in [-0.05, 0) is 62.5 Å². The number of halogens is 1. The monoisotopic (exact) mass is 393 g/mol. The molecule has 2 atom stereocenters. The number of fused-ring (bicyclic) bond motifs is 2. The zero-order chi connectivity index (χ0) is 18.9. The van der Waals surface area contributed by atoms with Gasteiger partial charge in [0.25, 0.3) is 0 Å². The van der Waals surface area contributed by atoms with Crippen LogP contribution in [0.3, 0.4) is 0 Å². The largest absolute Gasteiger partial charge is 0.353 e. The van der Waals surface area contributed by atoms with Gasteiger partial charge < -0.3 is 15.5 Å². The average Bonchev–Trinajstić information content (AvgIpc) is 2.53. The molecule has 4 nitrogen and oxygen atoms in total. The molecule has 0 spiro atoms. The topological polar surface area (TPSA) is 44.4 Å². The molecule has 2 saturated heterocycles. The number of hydrogen-bond donors (Lipinski definition) is 2. The fourth-order valence-electron chi connectivity index (χ4n) is 3.99. The number of carbonyl (C=O) groups excluding carboxylic acids is 1. The normalized spacial score (nSPS) is 25.5.